The molecule has 0 aromatic rings. The van der Waals surface area contributed by atoms with E-state index in [2.05, 4.69) is 0 Å². The Bertz CT molecular complexity index is 90.2. The van der Waals surface area contributed by atoms with Gasteiger partial charge in [-0.15, -0.1) is 9.76 Å². The largest absolute Gasteiger partial charge is 0.383 e. The van der Waals surface area contributed by atoms with Gasteiger partial charge >= 0.3 is 0 Å². The van der Waals surface area contributed by atoms with Crippen LogP contribution in [0.2, 0.25) is 0 Å². The Morgan fingerprint density at radius 1 is 1.50 bits per heavy atom. The van der Waals surface area contributed by atoms with Crippen LogP contribution in [0.1, 0.15) is 0 Å². The van der Waals surface area contributed by atoms with Gasteiger partial charge < -0.3 is 4.74 Å². The first-order valence-corrected chi connectivity index (χ1v) is 3.25. The van der Waals surface area contributed by atoms with Gasteiger partial charge in [-0.3, -0.25) is 0 Å². The van der Waals surface area contributed by atoms with Crippen molar-refractivity contribution in [1.29, 1.82) is 0 Å². The van der Waals surface area contributed by atoms with Crippen molar-refractivity contribution in [3.8, 4) is 0 Å². The molecule has 0 aliphatic carbocycles. The highest BCUT2D eigenvalue weighted by atomic mass is 16.6. The van der Waals surface area contributed by atoms with Gasteiger partial charge in [0.05, 0.1) is 13.2 Å². The average molecular weight is 149 g/mol. The van der Waals surface area contributed by atoms with Gasteiger partial charge in [0, 0.05) is 14.2 Å². The van der Waals surface area contributed by atoms with Gasteiger partial charge in [-0.2, -0.15) is 5.21 Å². The average Bonchev–Trinajstić information content (AvgIpc) is 1.80. The van der Waals surface area contributed by atoms with Crippen molar-refractivity contribution < 1.29 is 14.7 Å². The number of likely N-dealkylation sites (N-methyl/N-ethyl adjacent to an activating group) is 1. The number of hydrogen-bond acceptors (Lipinski definition) is 3. The SMILES string of the molecule is COCCN(C)[N+](C)(C)O. The quantitative estimate of drug-likeness (QED) is 0.449. The number of quaternary nitrogens is 1. The second-order valence-corrected chi connectivity index (χ2v) is 2.71. The molecular formula is C6H17N2O2+. The molecular weight excluding hydrogens is 132 g/mol. The van der Waals surface area contributed by atoms with Gasteiger partial charge in [0.25, 0.3) is 0 Å². The minimum atomic E-state index is -0.149. The maximum atomic E-state index is 9.32. The van der Waals surface area contributed by atoms with Crippen LogP contribution in [0, 0.1) is 0 Å². The van der Waals surface area contributed by atoms with Gasteiger partial charge in [0.2, 0.25) is 0 Å². The Labute approximate surface area is 62.1 Å². The van der Waals surface area contributed by atoms with E-state index in [-0.39, 0.29) is 4.76 Å². The maximum absolute atomic E-state index is 9.32. The normalized spacial score (nSPS) is 12.6. The summed E-state index contributed by atoms with van der Waals surface area (Å²) in [5, 5.41) is 11.1. The first-order chi connectivity index (χ1) is 4.48. The van der Waals surface area contributed by atoms with Crippen LogP contribution in [-0.2, 0) is 4.74 Å². The molecule has 0 aromatic carbocycles. The molecule has 0 aliphatic rings. The van der Waals surface area contributed by atoms with Crippen LogP contribution in [0.3, 0.4) is 0 Å². The van der Waals surface area contributed by atoms with Crippen LogP contribution >= 0.6 is 0 Å². The van der Waals surface area contributed by atoms with E-state index in [0.29, 0.717) is 6.61 Å². The van der Waals surface area contributed by atoms with Gasteiger partial charge in [-0.1, -0.05) is 0 Å². The Kier molecular flexibility index (Phi) is 3.81. The van der Waals surface area contributed by atoms with E-state index < -0.39 is 0 Å². The van der Waals surface area contributed by atoms with Crippen LogP contribution in [0.15, 0.2) is 0 Å². The summed E-state index contributed by atoms with van der Waals surface area (Å²) in [6.07, 6.45) is 0. The molecule has 0 saturated heterocycles. The van der Waals surface area contributed by atoms with Crippen molar-refractivity contribution in [1.82, 2.24) is 5.01 Å². The monoisotopic (exact) mass is 149 g/mol. The molecule has 0 heterocycles. The molecule has 0 rings (SSSR count). The van der Waals surface area contributed by atoms with E-state index in [1.165, 1.54) is 0 Å². The lowest BCUT2D eigenvalue weighted by Crippen LogP contribution is -2.50. The minimum absolute atomic E-state index is 0.149. The second-order valence-electron chi connectivity index (χ2n) is 2.71. The zero-order valence-electron chi connectivity index (χ0n) is 7.16. The molecule has 0 spiro atoms. The van der Waals surface area contributed by atoms with Crippen molar-refractivity contribution in [2.24, 2.45) is 0 Å². The van der Waals surface area contributed by atoms with E-state index in [9.17, 15) is 5.21 Å². The fraction of sp³-hybridized carbons (Fsp3) is 1.00. The summed E-state index contributed by atoms with van der Waals surface area (Å²) in [5.74, 6) is 0. The molecule has 10 heavy (non-hydrogen) atoms. The van der Waals surface area contributed by atoms with E-state index in [0.717, 1.165) is 6.54 Å². The van der Waals surface area contributed by atoms with Crippen molar-refractivity contribution in [3.63, 3.8) is 0 Å². The van der Waals surface area contributed by atoms with Crippen molar-refractivity contribution in [3.05, 3.63) is 0 Å². The summed E-state index contributed by atoms with van der Waals surface area (Å²) in [6, 6.07) is 0. The molecule has 0 bridgehead atoms. The van der Waals surface area contributed by atoms with Crippen LogP contribution < -0.4 is 0 Å². The first-order valence-electron chi connectivity index (χ1n) is 3.25. The summed E-state index contributed by atoms with van der Waals surface area (Å²) >= 11 is 0. The number of hydroxylamine groups is 2. The summed E-state index contributed by atoms with van der Waals surface area (Å²) in [4.78, 5) is 0. The Hall–Kier alpha value is -0.160. The predicted octanol–water partition coefficient (Wildman–Crippen LogP) is -0.0548. The van der Waals surface area contributed by atoms with Crippen LogP contribution in [-0.4, -0.2) is 56.4 Å². The van der Waals surface area contributed by atoms with E-state index in [1.54, 1.807) is 26.2 Å². The minimum Gasteiger partial charge on any atom is -0.383 e. The third-order valence-electron chi connectivity index (χ3n) is 1.45. The molecule has 0 aromatic heterocycles. The van der Waals surface area contributed by atoms with Crippen LogP contribution in [0.5, 0.6) is 0 Å². The van der Waals surface area contributed by atoms with Crippen LogP contribution in [0.4, 0.5) is 0 Å². The molecule has 62 valence electrons. The molecule has 0 unspecified atom stereocenters. The zero-order chi connectivity index (χ0) is 8.20. The molecule has 1 N–H and O–H groups in total. The maximum Gasteiger partial charge on any atom is 0.118 e. The number of nitrogens with zero attached hydrogens (tertiary/aromatic N) is 2. The van der Waals surface area contributed by atoms with Gasteiger partial charge in [-0.25, -0.2) is 0 Å². The molecule has 0 atom stereocenters. The lowest BCUT2D eigenvalue weighted by molar-refractivity contribution is -1.16. The topological polar surface area (TPSA) is 32.7 Å². The summed E-state index contributed by atoms with van der Waals surface area (Å²) in [5.41, 5.74) is 0. The summed E-state index contributed by atoms with van der Waals surface area (Å²) in [6.45, 7) is 1.36. The van der Waals surface area contributed by atoms with Gasteiger partial charge in [-0.05, 0) is 0 Å². The number of methoxy groups -OCH3 is 1. The molecule has 0 fully saturated rings. The smallest absolute Gasteiger partial charge is 0.118 e. The first kappa shape index (κ1) is 9.84. The third-order valence-corrected chi connectivity index (χ3v) is 1.45. The van der Waals surface area contributed by atoms with E-state index in [4.69, 9.17) is 4.74 Å². The molecule has 0 aliphatic heterocycles. The molecule has 0 amide bonds. The predicted molar refractivity (Wildman–Crippen MR) is 38.4 cm³/mol. The van der Waals surface area contributed by atoms with E-state index in [1.807, 2.05) is 7.05 Å². The summed E-state index contributed by atoms with van der Waals surface area (Å²) in [7, 11) is 6.86. The lowest BCUT2D eigenvalue weighted by Gasteiger charge is -2.28. The second kappa shape index (κ2) is 3.88. The fourth-order valence-electron chi connectivity index (χ4n) is 0.468. The van der Waals surface area contributed by atoms with Gasteiger partial charge in [0.15, 0.2) is 0 Å². The number of rotatable bonds is 4. The van der Waals surface area contributed by atoms with Crippen molar-refractivity contribution in [2.75, 3.05) is 41.4 Å². The Morgan fingerprint density at radius 3 is 2.30 bits per heavy atom. The molecule has 0 radical (unpaired) electrons. The Balaban J connectivity index is 3.52. The number of ether oxygens (including phenoxy) is 1. The molecule has 4 nitrogen and oxygen atoms in total. The zero-order valence-corrected chi connectivity index (χ0v) is 7.16. The highest BCUT2D eigenvalue weighted by Crippen LogP contribution is 1.94. The Morgan fingerprint density at radius 2 is 2.00 bits per heavy atom. The van der Waals surface area contributed by atoms with Crippen molar-refractivity contribution in [2.45, 2.75) is 0 Å². The highest BCUT2D eigenvalue weighted by Gasteiger charge is 2.17. The lowest BCUT2D eigenvalue weighted by atomic mass is 10.6. The number of hydrogen-bond donors (Lipinski definition) is 1. The molecule has 4 heteroatoms. The van der Waals surface area contributed by atoms with Crippen LogP contribution in [0.25, 0.3) is 0 Å². The third kappa shape index (κ3) is 3.79. The fourth-order valence-corrected chi connectivity index (χ4v) is 0.468. The molecule has 0 saturated carbocycles. The van der Waals surface area contributed by atoms with Crippen molar-refractivity contribution >= 4 is 0 Å². The van der Waals surface area contributed by atoms with E-state index >= 15 is 0 Å². The van der Waals surface area contributed by atoms with Gasteiger partial charge in [0.1, 0.15) is 14.1 Å². The summed E-state index contributed by atoms with van der Waals surface area (Å²) < 4.78 is 4.70. The standard InChI is InChI=1S/C6H17N2O2/c1-7(5-6-10-4)8(2,3)9/h9H,5-6H2,1-4H3/q+1. The highest BCUT2D eigenvalue weighted by molar-refractivity contribution is 4.31.